The summed E-state index contributed by atoms with van der Waals surface area (Å²) in [5, 5.41) is 8.02. The lowest BCUT2D eigenvalue weighted by Crippen LogP contribution is -1.98. The number of hydrogen-bond donors (Lipinski definition) is 1. The van der Waals surface area contributed by atoms with Gasteiger partial charge in [-0.25, -0.2) is 0 Å². The Hall–Kier alpha value is -1.85. The van der Waals surface area contributed by atoms with Gasteiger partial charge in [-0.05, 0) is 12.3 Å². The first-order valence-corrected chi connectivity index (χ1v) is 5.28. The molecule has 2 atom stereocenters. The normalized spacial score (nSPS) is 23.6. The molecule has 3 rings (SSSR count). The molecule has 84 valence electrons. The smallest absolute Gasteiger partial charge is 0.263 e. The van der Waals surface area contributed by atoms with E-state index in [0.717, 1.165) is 12.2 Å². The molecule has 6 heteroatoms. The molecule has 1 fully saturated rings. The minimum absolute atomic E-state index is 0.454. The van der Waals surface area contributed by atoms with Crippen molar-refractivity contribution in [3.05, 3.63) is 12.0 Å². The van der Waals surface area contributed by atoms with E-state index < -0.39 is 0 Å². The summed E-state index contributed by atoms with van der Waals surface area (Å²) in [5.74, 6) is 2.90. The van der Waals surface area contributed by atoms with Crippen LogP contribution in [0.5, 0.6) is 0 Å². The van der Waals surface area contributed by atoms with Crippen molar-refractivity contribution in [1.82, 2.24) is 19.9 Å². The van der Waals surface area contributed by atoms with Crippen molar-refractivity contribution < 1.29 is 4.52 Å². The molecular weight excluding hydrogens is 206 g/mol. The van der Waals surface area contributed by atoms with Gasteiger partial charge in [0, 0.05) is 13.0 Å². The van der Waals surface area contributed by atoms with Crippen LogP contribution in [0.3, 0.4) is 0 Å². The lowest BCUT2D eigenvalue weighted by atomic mass is 10.3. The minimum atomic E-state index is 0.454. The number of rotatable bonds is 2. The molecule has 0 amide bonds. The third-order valence-corrected chi connectivity index (χ3v) is 3.10. The first-order valence-electron chi connectivity index (χ1n) is 5.28. The summed E-state index contributed by atoms with van der Waals surface area (Å²) in [7, 11) is 1.78. The van der Waals surface area contributed by atoms with Crippen LogP contribution in [-0.4, -0.2) is 19.9 Å². The van der Waals surface area contributed by atoms with Gasteiger partial charge in [0.25, 0.3) is 5.89 Å². The first kappa shape index (κ1) is 9.38. The SMILES string of the molecule is CC1CC1c1noc(-c2cnn(C)c2N)n1. The van der Waals surface area contributed by atoms with Gasteiger partial charge in [0.05, 0.1) is 6.20 Å². The monoisotopic (exact) mass is 219 g/mol. The van der Waals surface area contributed by atoms with Crippen molar-refractivity contribution in [1.29, 1.82) is 0 Å². The van der Waals surface area contributed by atoms with Crippen molar-refractivity contribution in [3.63, 3.8) is 0 Å². The maximum Gasteiger partial charge on any atom is 0.263 e. The second kappa shape index (κ2) is 3.07. The molecule has 0 saturated heterocycles. The van der Waals surface area contributed by atoms with Crippen LogP contribution >= 0.6 is 0 Å². The zero-order chi connectivity index (χ0) is 11.3. The summed E-state index contributed by atoms with van der Waals surface area (Å²) in [6.07, 6.45) is 2.78. The van der Waals surface area contributed by atoms with Gasteiger partial charge in [0.2, 0.25) is 0 Å². The second-order valence-corrected chi connectivity index (χ2v) is 4.34. The Balaban J connectivity index is 1.95. The lowest BCUT2D eigenvalue weighted by Gasteiger charge is -1.93. The van der Waals surface area contributed by atoms with Gasteiger partial charge >= 0.3 is 0 Å². The topological polar surface area (TPSA) is 82.8 Å². The third kappa shape index (κ3) is 1.30. The fourth-order valence-electron chi connectivity index (χ4n) is 1.79. The van der Waals surface area contributed by atoms with Crippen LogP contribution in [0.1, 0.15) is 25.1 Å². The van der Waals surface area contributed by atoms with Crippen molar-refractivity contribution in [3.8, 4) is 11.5 Å². The molecule has 1 saturated carbocycles. The zero-order valence-corrected chi connectivity index (χ0v) is 9.21. The van der Waals surface area contributed by atoms with E-state index in [1.807, 2.05) is 0 Å². The highest BCUT2D eigenvalue weighted by atomic mass is 16.5. The van der Waals surface area contributed by atoms with Crippen molar-refractivity contribution >= 4 is 5.82 Å². The molecule has 0 spiro atoms. The highest BCUT2D eigenvalue weighted by Crippen LogP contribution is 2.45. The lowest BCUT2D eigenvalue weighted by molar-refractivity contribution is 0.422. The van der Waals surface area contributed by atoms with Gasteiger partial charge in [-0.15, -0.1) is 0 Å². The van der Waals surface area contributed by atoms with Crippen LogP contribution in [0.15, 0.2) is 10.7 Å². The molecule has 6 nitrogen and oxygen atoms in total. The number of nitrogen functional groups attached to an aromatic ring is 1. The first-order chi connectivity index (χ1) is 7.66. The largest absolute Gasteiger partial charge is 0.383 e. The van der Waals surface area contributed by atoms with E-state index >= 15 is 0 Å². The molecular formula is C10H13N5O. The fourth-order valence-corrected chi connectivity index (χ4v) is 1.79. The van der Waals surface area contributed by atoms with Crippen LogP contribution in [0, 0.1) is 5.92 Å². The van der Waals surface area contributed by atoms with Crippen LogP contribution in [0.25, 0.3) is 11.5 Å². The van der Waals surface area contributed by atoms with Crippen molar-refractivity contribution in [2.75, 3.05) is 5.73 Å². The molecule has 2 aromatic heterocycles. The molecule has 2 unspecified atom stereocenters. The molecule has 1 aliphatic carbocycles. The molecule has 0 bridgehead atoms. The summed E-state index contributed by atoms with van der Waals surface area (Å²) in [5.41, 5.74) is 6.54. The summed E-state index contributed by atoms with van der Waals surface area (Å²) >= 11 is 0. The van der Waals surface area contributed by atoms with E-state index in [2.05, 4.69) is 22.2 Å². The number of nitrogens with zero attached hydrogens (tertiary/aromatic N) is 4. The Morgan fingerprint density at radius 3 is 2.88 bits per heavy atom. The van der Waals surface area contributed by atoms with E-state index in [4.69, 9.17) is 10.3 Å². The van der Waals surface area contributed by atoms with Crippen LogP contribution in [0.2, 0.25) is 0 Å². The van der Waals surface area contributed by atoms with Gasteiger partial charge in [-0.1, -0.05) is 12.1 Å². The van der Waals surface area contributed by atoms with Gasteiger partial charge in [-0.2, -0.15) is 10.1 Å². The quantitative estimate of drug-likeness (QED) is 0.819. The molecule has 1 aliphatic rings. The van der Waals surface area contributed by atoms with Gasteiger partial charge in [0.15, 0.2) is 5.82 Å². The maximum atomic E-state index is 5.84. The summed E-state index contributed by atoms with van der Waals surface area (Å²) in [4.78, 5) is 4.36. The standard InChI is InChI=1S/C10H13N5O/c1-5-3-6(5)9-13-10(16-14-9)7-4-12-15(2)8(7)11/h4-6H,3,11H2,1-2H3. The molecule has 2 N–H and O–H groups in total. The van der Waals surface area contributed by atoms with E-state index in [-0.39, 0.29) is 0 Å². The molecule has 16 heavy (non-hydrogen) atoms. The minimum Gasteiger partial charge on any atom is -0.383 e. The van der Waals surface area contributed by atoms with Gasteiger partial charge in [0.1, 0.15) is 11.4 Å². The molecule has 0 aliphatic heterocycles. The van der Waals surface area contributed by atoms with E-state index in [1.165, 1.54) is 0 Å². The zero-order valence-electron chi connectivity index (χ0n) is 9.21. The third-order valence-electron chi connectivity index (χ3n) is 3.10. The fraction of sp³-hybridized carbons (Fsp3) is 0.500. The van der Waals surface area contributed by atoms with E-state index in [1.54, 1.807) is 17.9 Å². The molecule has 2 aromatic rings. The van der Waals surface area contributed by atoms with Crippen LogP contribution in [-0.2, 0) is 7.05 Å². The Bertz CT molecular complexity index is 529. The Morgan fingerprint density at radius 1 is 1.56 bits per heavy atom. The van der Waals surface area contributed by atoms with Crippen molar-refractivity contribution in [2.24, 2.45) is 13.0 Å². The predicted octanol–water partition coefficient (Wildman–Crippen LogP) is 1.18. The predicted molar refractivity (Wildman–Crippen MR) is 57.4 cm³/mol. The average molecular weight is 219 g/mol. The summed E-state index contributed by atoms with van der Waals surface area (Å²) < 4.78 is 6.78. The Morgan fingerprint density at radius 2 is 2.31 bits per heavy atom. The summed E-state index contributed by atoms with van der Waals surface area (Å²) in [6.45, 7) is 2.18. The highest BCUT2D eigenvalue weighted by molar-refractivity contribution is 5.66. The summed E-state index contributed by atoms with van der Waals surface area (Å²) in [6, 6.07) is 0. The van der Waals surface area contributed by atoms with E-state index in [0.29, 0.717) is 29.1 Å². The number of hydrogen-bond acceptors (Lipinski definition) is 5. The number of anilines is 1. The number of aromatic nitrogens is 4. The Labute approximate surface area is 92.4 Å². The highest BCUT2D eigenvalue weighted by Gasteiger charge is 2.38. The number of aryl methyl sites for hydroxylation is 1. The van der Waals surface area contributed by atoms with Crippen LogP contribution < -0.4 is 5.73 Å². The van der Waals surface area contributed by atoms with Crippen LogP contribution in [0.4, 0.5) is 5.82 Å². The van der Waals surface area contributed by atoms with Gasteiger partial charge in [-0.3, -0.25) is 4.68 Å². The molecule has 0 radical (unpaired) electrons. The molecule has 0 aromatic carbocycles. The Kier molecular flexibility index (Phi) is 1.80. The van der Waals surface area contributed by atoms with Crippen molar-refractivity contribution in [2.45, 2.75) is 19.3 Å². The maximum absolute atomic E-state index is 5.84. The van der Waals surface area contributed by atoms with E-state index in [9.17, 15) is 0 Å². The average Bonchev–Trinajstić information content (AvgIpc) is 2.70. The number of nitrogens with two attached hydrogens (primary N) is 1. The van der Waals surface area contributed by atoms with Gasteiger partial charge < -0.3 is 10.3 Å². The second-order valence-electron chi connectivity index (χ2n) is 4.34. The molecule has 2 heterocycles.